The van der Waals surface area contributed by atoms with E-state index >= 15 is 0 Å². The van der Waals surface area contributed by atoms with Crippen LogP contribution < -0.4 is 5.73 Å². The van der Waals surface area contributed by atoms with Crippen LogP contribution in [0.5, 0.6) is 0 Å². The highest BCUT2D eigenvalue weighted by Crippen LogP contribution is 2.23. The molecule has 1 heterocycles. The quantitative estimate of drug-likeness (QED) is 0.790. The lowest BCUT2D eigenvalue weighted by Crippen LogP contribution is -1.87. The van der Waals surface area contributed by atoms with Gasteiger partial charge in [0.15, 0.2) is 11.6 Å². The van der Waals surface area contributed by atoms with Crippen LogP contribution in [0.3, 0.4) is 0 Å². The lowest BCUT2D eigenvalue weighted by atomic mass is 10.1. The van der Waals surface area contributed by atoms with E-state index in [-0.39, 0.29) is 5.82 Å². The number of aryl methyl sites for hydroxylation is 1. The zero-order valence-electron chi connectivity index (χ0n) is 8.42. The maximum absolute atomic E-state index is 13.4. The fourth-order valence-corrected chi connectivity index (χ4v) is 1.44. The van der Waals surface area contributed by atoms with Crippen LogP contribution in [-0.2, 0) is 6.42 Å². The number of aromatic nitrogens is 2. The van der Waals surface area contributed by atoms with Crippen molar-refractivity contribution in [1.29, 1.82) is 0 Å². The van der Waals surface area contributed by atoms with Gasteiger partial charge in [0.25, 0.3) is 0 Å². The third kappa shape index (κ3) is 1.70. The van der Waals surface area contributed by atoms with Gasteiger partial charge in [0.05, 0.1) is 0 Å². The molecule has 4 heteroatoms. The Balaban J connectivity index is 2.41. The fraction of sp³-hybridized carbons (Fsp3) is 0.182. The van der Waals surface area contributed by atoms with Crippen molar-refractivity contribution < 1.29 is 4.39 Å². The van der Waals surface area contributed by atoms with Crippen molar-refractivity contribution in [3.8, 4) is 11.3 Å². The van der Waals surface area contributed by atoms with Crippen LogP contribution in [0.15, 0.2) is 24.3 Å². The SMILES string of the molecule is CCc1ccc(-c2[nH]nc(N)c2F)cc1. The minimum atomic E-state index is -0.487. The van der Waals surface area contributed by atoms with Crippen molar-refractivity contribution in [2.24, 2.45) is 0 Å². The Morgan fingerprint density at radius 1 is 1.33 bits per heavy atom. The molecule has 1 aromatic heterocycles. The van der Waals surface area contributed by atoms with Crippen molar-refractivity contribution >= 4 is 5.82 Å². The summed E-state index contributed by atoms with van der Waals surface area (Å²) in [5, 5.41) is 6.19. The molecule has 3 nitrogen and oxygen atoms in total. The Morgan fingerprint density at radius 3 is 2.47 bits per heavy atom. The molecule has 2 rings (SSSR count). The topological polar surface area (TPSA) is 54.7 Å². The molecule has 0 atom stereocenters. The molecule has 0 saturated heterocycles. The summed E-state index contributed by atoms with van der Waals surface area (Å²) in [5.41, 5.74) is 7.63. The predicted octanol–water partition coefficient (Wildman–Crippen LogP) is 2.36. The summed E-state index contributed by atoms with van der Waals surface area (Å²) in [6, 6.07) is 7.64. The zero-order chi connectivity index (χ0) is 10.8. The van der Waals surface area contributed by atoms with Gasteiger partial charge in [-0.1, -0.05) is 31.2 Å². The van der Waals surface area contributed by atoms with Gasteiger partial charge in [-0.2, -0.15) is 5.10 Å². The van der Waals surface area contributed by atoms with Gasteiger partial charge in [-0.3, -0.25) is 5.10 Å². The molecular weight excluding hydrogens is 193 g/mol. The number of halogens is 1. The zero-order valence-corrected chi connectivity index (χ0v) is 8.42. The molecule has 15 heavy (non-hydrogen) atoms. The van der Waals surface area contributed by atoms with E-state index in [2.05, 4.69) is 17.1 Å². The summed E-state index contributed by atoms with van der Waals surface area (Å²) in [6.07, 6.45) is 0.966. The number of rotatable bonds is 2. The van der Waals surface area contributed by atoms with Gasteiger partial charge in [0.2, 0.25) is 0 Å². The smallest absolute Gasteiger partial charge is 0.192 e. The molecule has 0 fully saturated rings. The van der Waals surface area contributed by atoms with Crippen molar-refractivity contribution in [1.82, 2.24) is 10.2 Å². The molecule has 0 radical (unpaired) electrons. The van der Waals surface area contributed by atoms with Crippen molar-refractivity contribution in [2.45, 2.75) is 13.3 Å². The second-order valence-corrected chi connectivity index (χ2v) is 3.35. The summed E-state index contributed by atoms with van der Waals surface area (Å²) in [6.45, 7) is 2.07. The molecule has 0 aliphatic heterocycles. The van der Waals surface area contributed by atoms with Gasteiger partial charge < -0.3 is 5.73 Å². The van der Waals surface area contributed by atoms with E-state index in [0.717, 1.165) is 12.0 Å². The van der Waals surface area contributed by atoms with E-state index in [1.165, 1.54) is 5.56 Å². The predicted molar refractivity (Wildman–Crippen MR) is 57.8 cm³/mol. The lowest BCUT2D eigenvalue weighted by molar-refractivity contribution is 0.636. The first-order chi connectivity index (χ1) is 7.22. The molecular formula is C11H12FN3. The largest absolute Gasteiger partial charge is 0.380 e. The maximum Gasteiger partial charge on any atom is 0.192 e. The molecule has 0 unspecified atom stereocenters. The Labute approximate surface area is 87.1 Å². The van der Waals surface area contributed by atoms with E-state index in [9.17, 15) is 4.39 Å². The summed E-state index contributed by atoms with van der Waals surface area (Å²) in [4.78, 5) is 0. The normalized spacial score (nSPS) is 10.5. The van der Waals surface area contributed by atoms with Gasteiger partial charge >= 0.3 is 0 Å². The number of nitrogens with zero attached hydrogens (tertiary/aromatic N) is 1. The van der Waals surface area contributed by atoms with Crippen molar-refractivity contribution in [2.75, 3.05) is 5.73 Å². The lowest BCUT2D eigenvalue weighted by Gasteiger charge is -1.99. The summed E-state index contributed by atoms with van der Waals surface area (Å²) < 4.78 is 13.4. The van der Waals surface area contributed by atoms with Crippen LogP contribution in [0.2, 0.25) is 0 Å². The highest BCUT2D eigenvalue weighted by atomic mass is 19.1. The first kappa shape index (κ1) is 9.71. The molecule has 2 aromatic rings. The number of aromatic amines is 1. The van der Waals surface area contributed by atoms with Crippen LogP contribution in [-0.4, -0.2) is 10.2 Å². The van der Waals surface area contributed by atoms with Crippen LogP contribution in [0.4, 0.5) is 10.2 Å². The highest BCUT2D eigenvalue weighted by molar-refractivity contribution is 5.63. The second-order valence-electron chi connectivity index (χ2n) is 3.35. The molecule has 0 saturated carbocycles. The van der Waals surface area contributed by atoms with Gasteiger partial charge in [-0.25, -0.2) is 4.39 Å². The molecule has 3 N–H and O–H groups in total. The van der Waals surface area contributed by atoms with Gasteiger partial charge in [-0.05, 0) is 12.0 Å². The minimum Gasteiger partial charge on any atom is -0.380 e. The number of anilines is 1. The third-order valence-corrected chi connectivity index (χ3v) is 2.38. The average Bonchev–Trinajstić information content (AvgIpc) is 2.60. The molecule has 78 valence electrons. The number of benzene rings is 1. The number of nitrogen functional groups attached to an aromatic ring is 1. The molecule has 0 bridgehead atoms. The van der Waals surface area contributed by atoms with Gasteiger partial charge in [0, 0.05) is 5.56 Å². The Morgan fingerprint density at radius 2 is 2.00 bits per heavy atom. The molecule has 1 aromatic carbocycles. The van der Waals surface area contributed by atoms with E-state index < -0.39 is 5.82 Å². The molecule has 0 aliphatic rings. The monoisotopic (exact) mass is 205 g/mol. The standard InChI is InChI=1S/C11H12FN3/c1-2-7-3-5-8(6-4-7)10-9(12)11(13)15-14-10/h3-6H,2H2,1H3,(H3,13,14,15). The summed E-state index contributed by atoms with van der Waals surface area (Å²) in [7, 11) is 0. The molecule has 0 spiro atoms. The summed E-state index contributed by atoms with van der Waals surface area (Å²) in [5.74, 6) is -0.580. The minimum absolute atomic E-state index is 0.0930. The van der Waals surface area contributed by atoms with Crippen LogP contribution in [0.1, 0.15) is 12.5 Å². The fourth-order valence-electron chi connectivity index (χ4n) is 1.44. The average molecular weight is 205 g/mol. The van der Waals surface area contributed by atoms with Crippen LogP contribution in [0, 0.1) is 5.82 Å². The van der Waals surface area contributed by atoms with Crippen molar-refractivity contribution in [3.63, 3.8) is 0 Å². The van der Waals surface area contributed by atoms with Crippen LogP contribution in [0.25, 0.3) is 11.3 Å². The van der Waals surface area contributed by atoms with E-state index in [4.69, 9.17) is 5.73 Å². The first-order valence-electron chi connectivity index (χ1n) is 4.81. The third-order valence-electron chi connectivity index (χ3n) is 2.38. The molecule has 0 amide bonds. The van der Waals surface area contributed by atoms with Crippen LogP contribution >= 0.6 is 0 Å². The number of H-pyrrole nitrogens is 1. The Kier molecular flexibility index (Phi) is 2.41. The van der Waals surface area contributed by atoms with Gasteiger partial charge in [0.1, 0.15) is 5.69 Å². The van der Waals surface area contributed by atoms with E-state index in [1.807, 2.05) is 24.3 Å². The van der Waals surface area contributed by atoms with Crippen molar-refractivity contribution in [3.05, 3.63) is 35.6 Å². The number of nitrogens with one attached hydrogen (secondary N) is 1. The van der Waals surface area contributed by atoms with E-state index in [0.29, 0.717) is 5.69 Å². The second kappa shape index (κ2) is 3.73. The Bertz CT molecular complexity index is 459. The summed E-state index contributed by atoms with van der Waals surface area (Å²) >= 11 is 0. The van der Waals surface area contributed by atoms with Gasteiger partial charge in [-0.15, -0.1) is 0 Å². The highest BCUT2D eigenvalue weighted by Gasteiger charge is 2.11. The maximum atomic E-state index is 13.4. The van der Waals surface area contributed by atoms with E-state index in [1.54, 1.807) is 0 Å². The number of hydrogen-bond donors (Lipinski definition) is 2. The first-order valence-corrected chi connectivity index (χ1v) is 4.81. The Hall–Kier alpha value is -1.84. The number of nitrogens with two attached hydrogens (primary N) is 1. The molecule has 0 aliphatic carbocycles. The number of hydrogen-bond acceptors (Lipinski definition) is 2.